The maximum Gasteiger partial charge on any atom is 0.417 e. The lowest BCUT2D eigenvalue weighted by Crippen LogP contribution is -2.46. The number of benzene rings is 2. The number of carbonyl (C=O) groups excluding carboxylic acids is 1. The van der Waals surface area contributed by atoms with Crippen LogP contribution in [-0.4, -0.2) is 18.5 Å². The van der Waals surface area contributed by atoms with Crippen molar-refractivity contribution in [2.75, 3.05) is 6.54 Å². The molecule has 0 radical (unpaired) electrons. The van der Waals surface area contributed by atoms with Crippen molar-refractivity contribution >= 4 is 28.5 Å². The minimum Gasteiger partial charge on any atom is -0.344 e. The molecule has 1 fully saturated rings. The lowest BCUT2D eigenvalue weighted by atomic mass is 9.92. The first-order valence-corrected chi connectivity index (χ1v) is 9.90. The normalized spacial score (nSPS) is 18.7. The molecule has 1 amide bonds. The average Bonchev–Trinajstić information content (AvgIpc) is 2.66. The number of halogens is 4. The zero-order chi connectivity index (χ0) is 19.4. The minimum absolute atomic E-state index is 0.0437. The molecule has 0 aliphatic carbocycles. The molecule has 0 aromatic heterocycles. The second kappa shape index (κ2) is 8.60. The number of hydrogen-bond donors (Lipinski definition) is 2. The van der Waals surface area contributed by atoms with Crippen molar-refractivity contribution in [2.45, 2.75) is 37.5 Å². The summed E-state index contributed by atoms with van der Waals surface area (Å²) in [5.41, 5.74) is 0.192. The van der Waals surface area contributed by atoms with Crippen LogP contribution in [0.4, 0.5) is 13.2 Å². The van der Waals surface area contributed by atoms with E-state index in [9.17, 15) is 18.0 Å². The van der Waals surface area contributed by atoms with Gasteiger partial charge in [-0.1, -0.05) is 42.8 Å². The van der Waals surface area contributed by atoms with E-state index in [1.54, 1.807) is 22.6 Å². The fourth-order valence-electron chi connectivity index (χ4n) is 3.39. The highest BCUT2D eigenvalue weighted by atomic mass is 127. The van der Waals surface area contributed by atoms with Crippen LogP contribution in [-0.2, 0) is 6.18 Å². The Morgan fingerprint density at radius 2 is 1.85 bits per heavy atom. The molecule has 1 saturated heterocycles. The zero-order valence-corrected chi connectivity index (χ0v) is 16.7. The second-order valence-electron chi connectivity index (χ2n) is 6.58. The monoisotopic (exact) mass is 488 g/mol. The molecule has 3 rings (SSSR count). The molecule has 3 nitrogen and oxygen atoms in total. The molecular formula is C20H20F3IN2O. The predicted molar refractivity (Wildman–Crippen MR) is 106 cm³/mol. The lowest BCUT2D eigenvalue weighted by molar-refractivity contribution is -0.138. The van der Waals surface area contributed by atoms with Crippen molar-refractivity contribution in [1.29, 1.82) is 0 Å². The van der Waals surface area contributed by atoms with E-state index in [-0.39, 0.29) is 21.2 Å². The fourth-order valence-corrected chi connectivity index (χ4v) is 4.30. The molecule has 1 heterocycles. The quantitative estimate of drug-likeness (QED) is 0.600. The molecule has 2 atom stereocenters. The van der Waals surface area contributed by atoms with Gasteiger partial charge in [0.05, 0.1) is 17.2 Å². The first kappa shape index (κ1) is 20.1. The van der Waals surface area contributed by atoms with E-state index in [0.717, 1.165) is 37.4 Å². The summed E-state index contributed by atoms with van der Waals surface area (Å²) >= 11 is 1.60. The maximum absolute atomic E-state index is 13.2. The van der Waals surface area contributed by atoms with E-state index in [1.807, 2.05) is 30.3 Å². The maximum atomic E-state index is 13.2. The van der Waals surface area contributed by atoms with E-state index in [4.69, 9.17) is 0 Å². The largest absolute Gasteiger partial charge is 0.417 e. The Kier molecular flexibility index (Phi) is 6.41. The van der Waals surface area contributed by atoms with Crippen LogP contribution in [0.15, 0.2) is 48.5 Å². The van der Waals surface area contributed by atoms with Crippen molar-refractivity contribution in [1.82, 2.24) is 10.6 Å². The number of carbonyl (C=O) groups is 1. The Hall–Kier alpha value is -1.61. The van der Waals surface area contributed by atoms with Crippen LogP contribution in [0.1, 0.15) is 46.8 Å². The zero-order valence-electron chi connectivity index (χ0n) is 14.5. The van der Waals surface area contributed by atoms with Crippen molar-refractivity contribution < 1.29 is 18.0 Å². The van der Waals surface area contributed by atoms with Gasteiger partial charge in [-0.25, -0.2) is 0 Å². The highest BCUT2D eigenvalue weighted by Gasteiger charge is 2.35. The molecule has 144 valence electrons. The molecule has 2 aromatic rings. The number of alkyl halides is 3. The molecule has 7 heteroatoms. The molecule has 0 spiro atoms. The Balaban J connectivity index is 1.89. The van der Waals surface area contributed by atoms with E-state index >= 15 is 0 Å². The van der Waals surface area contributed by atoms with Gasteiger partial charge >= 0.3 is 6.18 Å². The molecule has 1 aliphatic heterocycles. The number of amides is 1. The van der Waals surface area contributed by atoms with Crippen LogP contribution >= 0.6 is 22.6 Å². The van der Waals surface area contributed by atoms with Crippen LogP contribution in [0.2, 0.25) is 0 Å². The number of piperidine rings is 1. The number of rotatable bonds is 4. The number of nitrogens with one attached hydrogen (secondary N) is 2. The molecule has 2 N–H and O–H groups in total. The van der Waals surface area contributed by atoms with Gasteiger partial charge in [-0.05, 0) is 59.7 Å². The Bertz CT molecular complexity index is 790. The summed E-state index contributed by atoms with van der Waals surface area (Å²) in [6, 6.07) is 13.0. The van der Waals surface area contributed by atoms with Crippen LogP contribution < -0.4 is 10.6 Å². The third kappa shape index (κ3) is 4.82. The predicted octanol–water partition coefficient (Wildman–Crippen LogP) is 4.92. The molecule has 0 saturated carbocycles. The first-order valence-electron chi connectivity index (χ1n) is 8.83. The molecule has 2 aromatic carbocycles. The van der Waals surface area contributed by atoms with Crippen molar-refractivity contribution in [3.8, 4) is 0 Å². The van der Waals surface area contributed by atoms with Gasteiger partial charge in [0.2, 0.25) is 0 Å². The molecule has 0 unspecified atom stereocenters. The summed E-state index contributed by atoms with van der Waals surface area (Å²) in [6.45, 7) is 0.866. The van der Waals surface area contributed by atoms with Gasteiger partial charge in [-0.15, -0.1) is 0 Å². The Morgan fingerprint density at radius 3 is 2.48 bits per heavy atom. The molecular weight excluding hydrogens is 468 g/mol. The van der Waals surface area contributed by atoms with Crippen molar-refractivity contribution in [2.24, 2.45) is 0 Å². The average molecular weight is 488 g/mol. The highest BCUT2D eigenvalue weighted by Crippen LogP contribution is 2.34. The van der Waals surface area contributed by atoms with Crippen molar-refractivity contribution in [3.63, 3.8) is 0 Å². The van der Waals surface area contributed by atoms with Crippen molar-refractivity contribution in [3.05, 3.63) is 68.8 Å². The van der Waals surface area contributed by atoms with E-state index in [2.05, 4.69) is 10.6 Å². The summed E-state index contributed by atoms with van der Waals surface area (Å²) in [7, 11) is 0. The summed E-state index contributed by atoms with van der Waals surface area (Å²) < 4.78 is 39.4. The van der Waals surface area contributed by atoms with Gasteiger partial charge in [0.1, 0.15) is 0 Å². The summed E-state index contributed by atoms with van der Waals surface area (Å²) in [6.07, 6.45) is -1.45. The standard InChI is InChI=1S/C20H20F3IN2O/c21-20(22,23)15-10-6-9-14(17(15)24)19(27)26-18(13-7-2-1-3-8-13)16-11-4-5-12-25-16/h1-3,6-10,16,18,25H,4-5,11-12H2,(H,26,27)/t16-,18-/m0/s1. The molecule has 0 bridgehead atoms. The number of hydrogen-bond acceptors (Lipinski definition) is 2. The van der Waals surface area contributed by atoms with Crippen LogP contribution in [0.3, 0.4) is 0 Å². The second-order valence-corrected chi connectivity index (χ2v) is 7.66. The fraction of sp³-hybridized carbons (Fsp3) is 0.350. The third-order valence-corrected chi connectivity index (χ3v) is 5.91. The minimum atomic E-state index is -4.49. The molecule has 1 aliphatic rings. The van der Waals surface area contributed by atoms with Gasteiger partial charge in [0.25, 0.3) is 5.91 Å². The lowest BCUT2D eigenvalue weighted by Gasteiger charge is -2.32. The highest BCUT2D eigenvalue weighted by molar-refractivity contribution is 14.1. The summed E-state index contributed by atoms with van der Waals surface area (Å²) in [4.78, 5) is 12.9. The van der Waals surface area contributed by atoms with E-state index in [0.29, 0.717) is 0 Å². The topological polar surface area (TPSA) is 41.1 Å². The Labute approximate surface area is 169 Å². The SMILES string of the molecule is O=C(N[C@@H](c1ccccc1)[C@@H]1CCCCN1)c1cccc(C(F)(F)F)c1I. The summed E-state index contributed by atoms with van der Waals surface area (Å²) in [5, 5.41) is 6.39. The van der Waals surface area contributed by atoms with Gasteiger partial charge in [-0.2, -0.15) is 13.2 Å². The van der Waals surface area contributed by atoms with Crippen LogP contribution in [0, 0.1) is 3.57 Å². The van der Waals surface area contributed by atoms with Gasteiger partial charge in [0, 0.05) is 9.61 Å². The van der Waals surface area contributed by atoms with Crippen LogP contribution in [0.5, 0.6) is 0 Å². The third-order valence-electron chi connectivity index (χ3n) is 4.74. The van der Waals surface area contributed by atoms with E-state index in [1.165, 1.54) is 12.1 Å². The van der Waals surface area contributed by atoms with Crippen LogP contribution in [0.25, 0.3) is 0 Å². The molecule has 27 heavy (non-hydrogen) atoms. The Morgan fingerprint density at radius 1 is 1.11 bits per heavy atom. The van der Waals surface area contributed by atoms with Gasteiger partial charge in [0.15, 0.2) is 0 Å². The van der Waals surface area contributed by atoms with E-state index < -0.39 is 17.6 Å². The van der Waals surface area contributed by atoms with Gasteiger partial charge in [-0.3, -0.25) is 4.79 Å². The smallest absolute Gasteiger partial charge is 0.344 e. The first-order chi connectivity index (χ1) is 12.9. The van der Waals surface area contributed by atoms with Gasteiger partial charge < -0.3 is 10.6 Å². The summed E-state index contributed by atoms with van der Waals surface area (Å²) in [5.74, 6) is -0.494.